The zero-order valence-corrected chi connectivity index (χ0v) is 25.2. The fourth-order valence-electron chi connectivity index (χ4n) is 4.48. The van der Waals surface area contributed by atoms with E-state index in [0.29, 0.717) is 5.56 Å². The summed E-state index contributed by atoms with van der Waals surface area (Å²) in [7, 11) is -2.02. The Hall–Kier alpha value is -1.27. The molecule has 1 aliphatic rings. The molecule has 0 bridgehead atoms. The molecule has 0 unspecified atom stereocenters. The molecule has 0 saturated carbocycles. The lowest BCUT2D eigenvalue weighted by molar-refractivity contribution is 0.104. The van der Waals surface area contributed by atoms with E-state index in [2.05, 4.69) is 90.2 Å². The molecule has 4 nitrogen and oxygen atoms in total. The highest BCUT2D eigenvalue weighted by Gasteiger charge is 2.44. The average molecular weight is 591 g/mol. The van der Waals surface area contributed by atoms with Crippen LogP contribution in [0.4, 0.5) is 0 Å². The summed E-state index contributed by atoms with van der Waals surface area (Å²) in [5, 5.41) is 20.8. The summed E-state index contributed by atoms with van der Waals surface area (Å²) in [4.78, 5) is 5.21. The largest absolute Gasteiger partial charge is 0.410 e. The molecule has 1 N–H and O–H groups in total. The molecule has 184 valence electrons. The Morgan fingerprint density at radius 2 is 1.79 bits per heavy atom. The van der Waals surface area contributed by atoms with Gasteiger partial charge in [0.15, 0.2) is 8.32 Å². The summed E-state index contributed by atoms with van der Waals surface area (Å²) in [5.74, 6) is 0.173. The first-order valence-corrected chi connectivity index (χ1v) is 16.1. The zero-order chi connectivity index (χ0) is 25.6. The van der Waals surface area contributed by atoms with Gasteiger partial charge in [0.2, 0.25) is 0 Å². The van der Waals surface area contributed by atoms with Gasteiger partial charge in [-0.1, -0.05) is 60.6 Å². The van der Waals surface area contributed by atoms with Crippen LogP contribution < -0.4 is 0 Å². The van der Waals surface area contributed by atoms with Gasteiger partial charge in [-0.3, -0.25) is 4.98 Å². The number of pyridine rings is 1. The van der Waals surface area contributed by atoms with Gasteiger partial charge in [-0.15, -0.1) is 0 Å². The number of nitriles is 1. The third kappa shape index (κ3) is 5.43. The Morgan fingerprint density at radius 3 is 2.29 bits per heavy atom. The van der Waals surface area contributed by atoms with Crippen LogP contribution in [0.25, 0.3) is 0 Å². The van der Waals surface area contributed by atoms with Crippen molar-refractivity contribution in [2.75, 3.05) is 0 Å². The van der Waals surface area contributed by atoms with Gasteiger partial charge in [-0.25, -0.2) is 0 Å². The number of aliphatic hydroxyl groups is 1. The monoisotopic (exact) mass is 590 g/mol. The smallest absolute Gasteiger partial charge is 0.192 e. The van der Waals surface area contributed by atoms with Gasteiger partial charge in [0.1, 0.15) is 6.10 Å². The van der Waals surface area contributed by atoms with Gasteiger partial charge in [0, 0.05) is 20.4 Å². The van der Waals surface area contributed by atoms with E-state index in [1.54, 1.807) is 12.1 Å². The van der Waals surface area contributed by atoms with Crippen molar-refractivity contribution in [3.8, 4) is 6.07 Å². The van der Waals surface area contributed by atoms with Crippen molar-refractivity contribution in [1.29, 1.82) is 5.26 Å². The van der Waals surface area contributed by atoms with Gasteiger partial charge in [-0.05, 0) is 82.6 Å². The first-order valence-electron chi connectivity index (χ1n) is 12.2. The lowest BCUT2D eigenvalue weighted by Crippen LogP contribution is -2.44. The molecule has 0 radical (unpaired) electrons. The normalized spacial score (nSPS) is 19.0. The van der Waals surface area contributed by atoms with Crippen molar-refractivity contribution in [1.82, 2.24) is 4.98 Å². The van der Waals surface area contributed by atoms with E-state index in [-0.39, 0.29) is 22.5 Å². The van der Waals surface area contributed by atoms with Crippen molar-refractivity contribution in [2.24, 2.45) is 5.41 Å². The van der Waals surface area contributed by atoms with Gasteiger partial charge in [0.05, 0.1) is 23.4 Å². The maximum Gasteiger partial charge on any atom is 0.192 e. The molecule has 1 aromatic carbocycles. The van der Waals surface area contributed by atoms with Crippen LogP contribution in [0.3, 0.4) is 0 Å². The topological polar surface area (TPSA) is 66.1 Å². The molecule has 2 aromatic rings. The van der Waals surface area contributed by atoms with E-state index >= 15 is 0 Å². The summed E-state index contributed by atoms with van der Waals surface area (Å²) in [5.41, 5.74) is 5.56. The third-order valence-electron chi connectivity index (χ3n) is 7.44. The number of halogens is 1. The van der Waals surface area contributed by atoms with Gasteiger partial charge in [0.25, 0.3) is 0 Å². The number of hydrogen-bond donors (Lipinski definition) is 1. The second-order valence-corrected chi connectivity index (χ2v) is 18.1. The Bertz CT molecular complexity index is 1100. The van der Waals surface area contributed by atoms with Crippen molar-refractivity contribution in [3.63, 3.8) is 0 Å². The molecule has 1 heterocycles. The highest BCUT2D eigenvalue weighted by Crippen LogP contribution is 2.50. The SMILES string of the molecule is CC(C)c1nc2c(c(I)c1[C@@H](O)c1ccc(C#N)cc1)[C@@H](O[Si](C)(C)C(C)(C)C)CC(C)(C)C2. The van der Waals surface area contributed by atoms with Crippen LogP contribution in [0, 0.1) is 20.3 Å². The van der Waals surface area contributed by atoms with Crippen molar-refractivity contribution in [3.05, 3.63) is 61.5 Å². The molecule has 6 heteroatoms. The predicted molar refractivity (Wildman–Crippen MR) is 149 cm³/mol. The molecular formula is C28H39IN2O2Si. The fourth-order valence-corrected chi connectivity index (χ4v) is 6.98. The van der Waals surface area contributed by atoms with E-state index in [0.717, 1.165) is 44.5 Å². The van der Waals surface area contributed by atoms with Crippen LogP contribution in [0.15, 0.2) is 24.3 Å². The van der Waals surface area contributed by atoms with Crippen LogP contribution in [0.5, 0.6) is 0 Å². The maximum absolute atomic E-state index is 11.6. The van der Waals surface area contributed by atoms with Crippen LogP contribution in [0.1, 0.15) is 107 Å². The molecule has 1 aliphatic carbocycles. The van der Waals surface area contributed by atoms with E-state index in [1.165, 1.54) is 0 Å². The molecule has 2 atom stereocenters. The number of aliphatic hydroxyl groups excluding tert-OH is 1. The summed E-state index contributed by atoms with van der Waals surface area (Å²) < 4.78 is 8.11. The summed E-state index contributed by atoms with van der Waals surface area (Å²) >= 11 is 2.42. The molecule has 0 spiro atoms. The van der Waals surface area contributed by atoms with Gasteiger partial charge >= 0.3 is 0 Å². The Labute approximate surface area is 220 Å². The third-order valence-corrected chi connectivity index (χ3v) is 13.1. The highest BCUT2D eigenvalue weighted by molar-refractivity contribution is 14.1. The van der Waals surface area contributed by atoms with E-state index in [4.69, 9.17) is 14.7 Å². The molecular weight excluding hydrogens is 551 g/mol. The van der Waals surface area contributed by atoms with Crippen LogP contribution in [-0.2, 0) is 10.8 Å². The van der Waals surface area contributed by atoms with Crippen molar-refractivity contribution >= 4 is 30.9 Å². The molecule has 1 aromatic heterocycles. The number of rotatable bonds is 5. The fraction of sp³-hybridized carbons (Fsp3) is 0.571. The molecule has 0 amide bonds. The molecule has 34 heavy (non-hydrogen) atoms. The standard InChI is InChI=1S/C28H39IN2O2Si/c1-17(2)25-23(26(32)19-12-10-18(16-30)11-13-19)24(29)22-20(31-25)14-28(6,7)15-21(22)33-34(8,9)27(3,4)5/h10-13,17,21,26,32H,14-15H2,1-9H3/t21-,26-/m0/s1. The Balaban J connectivity index is 2.20. The van der Waals surface area contributed by atoms with E-state index < -0.39 is 14.4 Å². The Kier molecular flexibility index (Phi) is 7.75. The lowest BCUT2D eigenvalue weighted by atomic mass is 9.74. The minimum Gasteiger partial charge on any atom is -0.410 e. The van der Waals surface area contributed by atoms with Gasteiger partial charge < -0.3 is 9.53 Å². The van der Waals surface area contributed by atoms with E-state index in [9.17, 15) is 5.11 Å². The first-order chi connectivity index (χ1) is 15.6. The quantitative estimate of drug-likeness (QED) is 0.285. The number of nitrogens with zero attached hydrogens (tertiary/aromatic N) is 2. The zero-order valence-electron chi connectivity index (χ0n) is 22.1. The van der Waals surface area contributed by atoms with Crippen LogP contribution in [0.2, 0.25) is 18.1 Å². The van der Waals surface area contributed by atoms with Crippen LogP contribution >= 0.6 is 22.6 Å². The highest BCUT2D eigenvalue weighted by atomic mass is 127. The predicted octanol–water partition coefficient (Wildman–Crippen LogP) is 7.80. The second kappa shape index (κ2) is 9.65. The minimum atomic E-state index is -2.02. The van der Waals surface area contributed by atoms with Crippen LogP contribution in [-0.4, -0.2) is 18.4 Å². The number of benzene rings is 1. The van der Waals surface area contributed by atoms with Crippen molar-refractivity contribution < 1.29 is 9.53 Å². The lowest BCUT2D eigenvalue weighted by Gasteiger charge is -2.44. The average Bonchev–Trinajstić information content (AvgIpc) is 2.70. The summed E-state index contributed by atoms with van der Waals surface area (Å²) in [6.07, 6.45) is 1.01. The summed E-state index contributed by atoms with van der Waals surface area (Å²) in [6, 6.07) is 9.36. The first kappa shape index (κ1) is 27.3. The number of hydrogen-bond acceptors (Lipinski definition) is 4. The maximum atomic E-state index is 11.6. The minimum absolute atomic E-state index is 0.0350. The molecule has 0 aliphatic heterocycles. The van der Waals surface area contributed by atoms with Gasteiger partial charge in [-0.2, -0.15) is 5.26 Å². The molecule has 0 fully saturated rings. The Morgan fingerprint density at radius 1 is 1.21 bits per heavy atom. The number of aromatic nitrogens is 1. The second-order valence-electron chi connectivity index (χ2n) is 12.3. The molecule has 0 saturated heterocycles. The summed E-state index contributed by atoms with van der Waals surface area (Å²) in [6.45, 7) is 20.3. The number of fused-ring (bicyclic) bond motifs is 1. The van der Waals surface area contributed by atoms with E-state index in [1.807, 2.05) is 12.1 Å². The van der Waals surface area contributed by atoms with Crippen molar-refractivity contribution in [2.45, 2.75) is 97.6 Å². The molecule has 3 rings (SSSR count).